The van der Waals surface area contributed by atoms with Gasteiger partial charge in [0.2, 0.25) is 9.84 Å². The molecule has 1 saturated carbocycles. The van der Waals surface area contributed by atoms with Crippen molar-refractivity contribution in [3.05, 3.63) is 24.3 Å². The summed E-state index contributed by atoms with van der Waals surface area (Å²) in [7, 11) is -2.83. The van der Waals surface area contributed by atoms with E-state index in [1.54, 1.807) is 19.2 Å². The van der Waals surface area contributed by atoms with Crippen molar-refractivity contribution in [2.24, 2.45) is 0 Å². The van der Waals surface area contributed by atoms with Crippen molar-refractivity contribution in [1.82, 2.24) is 0 Å². The van der Waals surface area contributed by atoms with Gasteiger partial charge < -0.3 is 4.90 Å². The SMILES string of the molecule is CN(c1ccccc1S(=O)(=O)C(F)F)C1CCCCC1Br. The number of sulfone groups is 1. The van der Waals surface area contributed by atoms with E-state index in [0.29, 0.717) is 5.69 Å². The lowest BCUT2D eigenvalue weighted by Crippen LogP contribution is -2.41. The standard InChI is InChI=1S/C14H18BrF2NO2S/c1-18(11-7-3-2-6-10(11)15)12-8-4-5-9-13(12)21(19,20)14(16)17/h4-5,8-11,14H,2-3,6-7H2,1H3. The largest absolute Gasteiger partial charge is 0.369 e. The third-order valence-electron chi connectivity index (χ3n) is 3.93. The lowest BCUT2D eigenvalue weighted by Gasteiger charge is -2.37. The molecule has 0 N–H and O–H groups in total. The molecular weight excluding hydrogens is 364 g/mol. The van der Waals surface area contributed by atoms with Gasteiger partial charge in [-0.05, 0) is 25.0 Å². The van der Waals surface area contributed by atoms with Crippen molar-refractivity contribution in [3.63, 3.8) is 0 Å². The fourth-order valence-electron chi connectivity index (χ4n) is 2.77. The van der Waals surface area contributed by atoms with Crippen LogP contribution < -0.4 is 4.90 Å². The third-order valence-corrected chi connectivity index (χ3v) is 6.43. The Kier molecular flexibility index (Phi) is 5.24. The van der Waals surface area contributed by atoms with Gasteiger partial charge in [0.05, 0.1) is 10.6 Å². The Morgan fingerprint density at radius 1 is 1.24 bits per heavy atom. The average Bonchev–Trinajstić information content (AvgIpc) is 2.47. The summed E-state index contributed by atoms with van der Waals surface area (Å²) in [5.41, 5.74) is 0.342. The van der Waals surface area contributed by atoms with Crippen molar-refractivity contribution in [1.29, 1.82) is 0 Å². The summed E-state index contributed by atoms with van der Waals surface area (Å²) < 4.78 is 49.4. The van der Waals surface area contributed by atoms with Gasteiger partial charge >= 0.3 is 5.76 Å². The van der Waals surface area contributed by atoms with Crippen LogP contribution in [0.5, 0.6) is 0 Å². The number of anilines is 1. The maximum atomic E-state index is 12.8. The molecule has 7 heteroatoms. The second-order valence-corrected chi connectivity index (χ2v) is 8.31. The molecule has 1 aliphatic rings. The number of hydrogen-bond donors (Lipinski definition) is 0. The first-order valence-electron chi connectivity index (χ1n) is 6.83. The van der Waals surface area contributed by atoms with Crippen molar-refractivity contribution in [3.8, 4) is 0 Å². The van der Waals surface area contributed by atoms with E-state index in [1.165, 1.54) is 12.1 Å². The molecule has 1 aromatic rings. The molecule has 2 rings (SSSR count). The van der Waals surface area contributed by atoms with Gasteiger partial charge in [0.25, 0.3) is 0 Å². The number of nitrogens with zero attached hydrogens (tertiary/aromatic N) is 1. The average molecular weight is 382 g/mol. The van der Waals surface area contributed by atoms with E-state index in [4.69, 9.17) is 0 Å². The summed E-state index contributed by atoms with van der Waals surface area (Å²) in [6.45, 7) is 0. The van der Waals surface area contributed by atoms with Gasteiger partial charge in [0.15, 0.2) is 0 Å². The van der Waals surface area contributed by atoms with E-state index in [2.05, 4.69) is 15.9 Å². The Balaban J connectivity index is 2.40. The second-order valence-electron chi connectivity index (χ2n) is 5.25. The summed E-state index contributed by atoms with van der Waals surface area (Å²) >= 11 is 3.62. The van der Waals surface area contributed by atoms with Crippen LogP contribution in [-0.4, -0.2) is 32.1 Å². The molecule has 3 nitrogen and oxygen atoms in total. The minimum Gasteiger partial charge on any atom is -0.369 e. The molecule has 0 radical (unpaired) electrons. The predicted octanol–water partition coefficient (Wildman–Crippen LogP) is 3.83. The van der Waals surface area contributed by atoms with Crippen LogP contribution in [0.25, 0.3) is 0 Å². The normalized spacial score (nSPS) is 23.3. The van der Waals surface area contributed by atoms with Crippen molar-refractivity contribution >= 4 is 31.5 Å². The van der Waals surface area contributed by atoms with E-state index in [0.717, 1.165) is 25.7 Å². The third kappa shape index (κ3) is 3.39. The first-order chi connectivity index (χ1) is 9.85. The lowest BCUT2D eigenvalue weighted by molar-refractivity contribution is 0.234. The minimum atomic E-state index is -4.60. The van der Waals surface area contributed by atoms with Crippen molar-refractivity contribution < 1.29 is 17.2 Å². The molecule has 1 aromatic carbocycles. The van der Waals surface area contributed by atoms with Gasteiger partial charge in [-0.25, -0.2) is 8.42 Å². The van der Waals surface area contributed by atoms with Crippen molar-refractivity contribution in [2.45, 2.75) is 47.2 Å². The summed E-state index contributed by atoms with van der Waals surface area (Å²) in [5.74, 6) is -3.40. The molecule has 0 amide bonds. The molecule has 0 bridgehead atoms. The van der Waals surface area contributed by atoms with Crippen LogP contribution in [0.3, 0.4) is 0 Å². The van der Waals surface area contributed by atoms with Crippen molar-refractivity contribution in [2.75, 3.05) is 11.9 Å². The second kappa shape index (κ2) is 6.60. The molecule has 0 aromatic heterocycles. The maximum Gasteiger partial charge on any atom is 0.341 e. The number of halogens is 3. The van der Waals surface area contributed by atoms with Crippen LogP contribution in [0.2, 0.25) is 0 Å². The Morgan fingerprint density at radius 2 is 1.86 bits per heavy atom. The highest BCUT2D eigenvalue weighted by atomic mass is 79.9. The highest BCUT2D eigenvalue weighted by Crippen LogP contribution is 2.35. The molecular formula is C14H18BrF2NO2S. The van der Waals surface area contributed by atoms with Crippen LogP contribution in [-0.2, 0) is 9.84 Å². The van der Waals surface area contributed by atoms with E-state index < -0.39 is 15.6 Å². The molecule has 1 aliphatic carbocycles. The van der Waals surface area contributed by atoms with Gasteiger partial charge in [-0.2, -0.15) is 8.78 Å². The van der Waals surface area contributed by atoms with E-state index >= 15 is 0 Å². The quantitative estimate of drug-likeness (QED) is 0.743. The summed E-state index contributed by atoms with van der Waals surface area (Å²) in [6, 6.07) is 6.08. The molecule has 0 spiro atoms. The van der Waals surface area contributed by atoms with Crippen LogP contribution in [0.4, 0.5) is 14.5 Å². The zero-order chi connectivity index (χ0) is 15.6. The van der Waals surface area contributed by atoms with Gasteiger partial charge in [-0.3, -0.25) is 0 Å². The van der Waals surface area contributed by atoms with Gasteiger partial charge in [-0.15, -0.1) is 0 Å². The highest BCUT2D eigenvalue weighted by Gasteiger charge is 2.33. The lowest BCUT2D eigenvalue weighted by atomic mass is 9.94. The Hall–Kier alpha value is -0.690. The molecule has 0 aliphatic heterocycles. The molecule has 2 unspecified atom stereocenters. The smallest absolute Gasteiger partial charge is 0.341 e. The fourth-order valence-corrected chi connectivity index (χ4v) is 4.67. The highest BCUT2D eigenvalue weighted by molar-refractivity contribution is 9.09. The Bertz CT molecular complexity index is 594. The van der Waals surface area contributed by atoms with Crippen LogP contribution in [0.1, 0.15) is 25.7 Å². The van der Waals surface area contributed by atoms with Gasteiger partial charge in [0.1, 0.15) is 0 Å². The molecule has 2 atom stereocenters. The molecule has 0 heterocycles. The van der Waals surface area contributed by atoms with E-state index in [-0.39, 0.29) is 15.8 Å². The summed E-state index contributed by atoms with van der Waals surface area (Å²) in [4.78, 5) is 1.75. The minimum absolute atomic E-state index is 0.104. The zero-order valence-electron chi connectivity index (χ0n) is 11.7. The maximum absolute atomic E-state index is 12.8. The van der Waals surface area contributed by atoms with Gasteiger partial charge in [-0.1, -0.05) is 40.9 Å². The molecule has 118 valence electrons. The number of rotatable bonds is 4. The number of benzene rings is 1. The molecule has 0 saturated heterocycles. The number of para-hydroxylation sites is 1. The Labute approximate surface area is 132 Å². The monoisotopic (exact) mass is 381 g/mol. The predicted molar refractivity (Wildman–Crippen MR) is 83.0 cm³/mol. The van der Waals surface area contributed by atoms with Gasteiger partial charge in [0, 0.05) is 17.9 Å². The van der Waals surface area contributed by atoms with E-state index in [1.807, 2.05) is 4.90 Å². The first-order valence-corrected chi connectivity index (χ1v) is 9.30. The van der Waals surface area contributed by atoms with Crippen LogP contribution in [0, 0.1) is 0 Å². The first kappa shape index (κ1) is 16.7. The Morgan fingerprint density at radius 3 is 2.48 bits per heavy atom. The summed E-state index contributed by atoms with van der Waals surface area (Å²) in [5, 5.41) is 0. The molecule has 21 heavy (non-hydrogen) atoms. The number of alkyl halides is 3. The topological polar surface area (TPSA) is 37.4 Å². The fraction of sp³-hybridized carbons (Fsp3) is 0.571. The number of hydrogen-bond acceptors (Lipinski definition) is 3. The van der Waals surface area contributed by atoms with E-state index in [9.17, 15) is 17.2 Å². The molecule has 1 fully saturated rings. The zero-order valence-corrected chi connectivity index (χ0v) is 14.1. The van der Waals surface area contributed by atoms with Crippen LogP contribution >= 0.6 is 15.9 Å². The summed E-state index contributed by atoms with van der Waals surface area (Å²) in [6.07, 6.45) is 4.09. The van der Waals surface area contributed by atoms with Crippen LogP contribution in [0.15, 0.2) is 29.2 Å².